The summed E-state index contributed by atoms with van der Waals surface area (Å²) in [6.07, 6.45) is 1.27. The van der Waals surface area contributed by atoms with Crippen LogP contribution in [0.1, 0.15) is 38.3 Å². The second kappa shape index (κ2) is 4.37. The maximum atomic E-state index is 10.9. The summed E-state index contributed by atoms with van der Waals surface area (Å²) >= 11 is 1.88. The molecule has 0 bridgehead atoms. The van der Waals surface area contributed by atoms with Crippen LogP contribution in [-0.2, 0) is 16.6 Å². The zero-order valence-corrected chi connectivity index (χ0v) is 11.3. The third kappa shape index (κ3) is 2.49. The number of rotatable bonds is 3. The van der Waals surface area contributed by atoms with E-state index in [4.69, 9.17) is 5.11 Å². The zero-order valence-electron chi connectivity index (χ0n) is 10.5. The van der Waals surface area contributed by atoms with Crippen LogP contribution in [0, 0.1) is 0 Å². The average molecular weight is 250 g/mol. The van der Waals surface area contributed by atoms with Crippen molar-refractivity contribution >= 4 is 17.7 Å². The topological polar surface area (TPSA) is 37.3 Å². The van der Waals surface area contributed by atoms with Gasteiger partial charge in [-0.2, -0.15) is 0 Å². The lowest BCUT2D eigenvalue weighted by Crippen LogP contribution is -2.22. The minimum atomic E-state index is -0.733. The molecule has 0 saturated heterocycles. The van der Waals surface area contributed by atoms with Gasteiger partial charge in [0, 0.05) is 15.6 Å². The molecule has 0 fully saturated rings. The smallest absolute Gasteiger partial charge is 0.304 e. The van der Waals surface area contributed by atoms with Crippen molar-refractivity contribution in [3.8, 4) is 0 Å². The molecule has 1 heterocycles. The maximum Gasteiger partial charge on any atom is 0.304 e. The fourth-order valence-electron chi connectivity index (χ4n) is 2.44. The maximum absolute atomic E-state index is 10.9. The van der Waals surface area contributed by atoms with Crippen LogP contribution in [-0.4, -0.2) is 16.3 Å². The van der Waals surface area contributed by atoms with Crippen molar-refractivity contribution in [1.82, 2.24) is 0 Å². The van der Waals surface area contributed by atoms with E-state index in [1.165, 1.54) is 16.0 Å². The molecular weight excluding hydrogens is 232 g/mol. The monoisotopic (exact) mass is 250 g/mol. The summed E-state index contributed by atoms with van der Waals surface area (Å²) in [4.78, 5) is 12.3. The lowest BCUT2D eigenvalue weighted by molar-refractivity contribution is -0.138. The molecule has 0 spiro atoms. The first kappa shape index (κ1) is 12.5. The number of carboxylic acids is 1. The Kier molecular flexibility index (Phi) is 3.21. The summed E-state index contributed by atoms with van der Waals surface area (Å²) in [7, 11) is 0. The summed E-state index contributed by atoms with van der Waals surface area (Å²) in [6.45, 7) is 6.25. The van der Waals surface area contributed by atoms with Gasteiger partial charge in [-0.25, -0.2) is 0 Å². The highest BCUT2D eigenvalue weighted by Crippen LogP contribution is 2.44. The number of benzene rings is 1. The van der Waals surface area contributed by atoms with E-state index in [0.717, 1.165) is 6.42 Å². The fraction of sp³-hybridized carbons (Fsp3) is 0.500. The van der Waals surface area contributed by atoms with Gasteiger partial charge in [0.2, 0.25) is 0 Å². The van der Waals surface area contributed by atoms with E-state index in [1.54, 1.807) is 0 Å². The lowest BCUT2D eigenvalue weighted by atomic mass is 9.80. The van der Waals surface area contributed by atoms with Crippen molar-refractivity contribution < 1.29 is 9.90 Å². The van der Waals surface area contributed by atoms with Crippen LogP contribution >= 0.6 is 11.8 Å². The van der Waals surface area contributed by atoms with Crippen LogP contribution in [0.2, 0.25) is 0 Å². The minimum absolute atomic E-state index is 0.179. The third-order valence-corrected chi connectivity index (χ3v) is 4.53. The second-order valence-electron chi connectivity index (χ2n) is 5.38. The molecule has 2 rings (SSSR count). The van der Waals surface area contributed by atoms with Gasteiger partial charge in [-0.3, -0.25) is 4.79 Å². The van der Waals surface area contributed by atoms with Crippen molar-refractivity contribution in [2.75, 3.05) is 0 Å². The van der Waals surface area contributed by atoms with Crippen molar-refractivity contribution in [3.63, 3.8) is 0 Å². The van der Waals surface area contributed by atoms with Crippen LogP contribution in [0.5, 0.6) is 0 Å². The van der Waals surface area contributed by atoms with Gasteiger partial charge in [-0.1, -0.05) is 39.0 Å². The molecule has 0 amide bonds. The van der Waals surface area contributed by atoms with E-state index in [1.807, 2.05) is 25.6 Å². The highest BCUT2D eigenvalue weighted by atomic mass is 32.2. The Morgan fingerprint density at radius 1 is 1.53 bits per heavy atom. The highest BCUT2D eigenvalue weighted by molar-refractivity contribution is 8.00. The van der Waals surface area contributed by atoms with Gasteiger partial charge in [0.15, 0.2) is 0 Å². The van der Waals surface area contributed by atoms with Gasteiger partial charge in [-0.15, -0.1) is 11.8 Å². The van der Waals surface area contributed by atoms with Crippen LogP contribution in [0.4, 0.5) is 0 Å². The Labute approximate surface area is 106 Å². The van der Waals surface area contributed by atoms with Crippen LogP contribution in [0.3, 0.4) is 0 Å². The molecule has 0 saturated carbocycles. The first-order chi connectivity index (χ1) is 7.90. The van der Waals surface area contributed by atoms with Crippen molar-refractivity contribution in [2.24, 2.45) is 0 Å². The highest BCUT2D eigenvalue weighted by Gasteiger charge is 2.30. The average Bonchev–Trinajstić information content (AvgIpc) is 2.54. The van der Waals surface area contributed by atoms with E-state index in [0.29, 0.717) is 5.25 Å². The predicted molar refractivity (Wildman–Crippen MR) is 70.7 cm³/mol. The first-order valence-electron chi connectivity index (χ1n) is 5.91. The van der Waals surface area contributed by atoms with E-state index >= 15 is 0 Å². The summed E-state index contributed by atoms with van der Waals surface area (Å²) in [5.41, 5.74) is 2.26. The van der Waals surface area contributed by atoms with E-state index in [-0.39, 0.29) is 11.8 Å². The molecule has 1 aromatic rings. The fourth-order valence-corrected chi connectivity index (χ4v) is 3.88. The van der Waals surface area contributed by atoms with Gasteiger partial charge < -0.3 is 5.11 Å². The van der Waals surface area contributed by atoms with Gasteiger partial charge in [0.25, 0.3) is 0 Å². The Morgan fingerprint density at radius 2 is 2.24 bits per heavy atom. The Hall–Kier alpha value is -0.960. The molecule has 3 heteroatoms. The number of fused-ring (bicyclic) bond motifs is 1. The third-order valence-electron chi connectivity index (χ3n) is 3.25. The van der Waals surface area contributed by atoms with Gasteiger partial charge in [0.1, 0.15) is 0 Å². The molecule has 1 N–H and O–H groups in total. The molecule has 1 atom stereocenters. The zero-order chi connectivity index (χ0) is 12.6. The molecule has 17 heavy (non-hydrogen) atoms. The molecule has 0 aromatic heterocycles. The number of aliphatic carboxylic acids is 1. The van der Waals surface area contributed by atoms with E-state index in [2.05, 4.69) is 25.1 Å². The lowest BCUT2D eigenvalue weighted by Gasteiger charge is -2.25. The summed E-state index contributed by atoms with van der Waals surface area (Å²) < 4.78 is 0. The first-order valence-corrected chi connectivity index (χ1v) is 6.79. The summed E-state index contributed by atoms with van der Waals surface area (Å²) in [5.74, 6) is -0.733. The molecule has 0 aliphatic carbocycles. The summed E-state index contributed by atoms with van der Waals surface area (Å²) in [5, 5.41) is 9.61. The van der Waals surface area contributed by atoms with Gasteiger partial charge >= 0.3 is 5.97 Å². The molecule has 0 radical (unpaired) electrons. The Bertz CT molecular complexity index is 452. The number of thioether (sulfide) groups is 1. The molecule has 1 aliphatic heterocycles. The van der Waals surface area contributed by atoms with Crippen LogP contribution in [0.25, 0.3) is 0 Å². The molecule has 1 unspecified atom stereocenters. The van der Waals surface area contributed by atoms with Crippen molar-refractivity contribution in [2.45, 2.75) is 49.2 Å². The second-order valence-corrected chi connectivity index (χ2v) is 6.83. The number of hydrogen-bond acceptors (Lipinski definition) is 2. The minimum Gasteiger partial charge on any atom is -0.481 e. The van der Waals surface area contributed by atoms with Gasteiger partial charge in [0.05, 0.1) is 6.42 Å². The quantitative estimate of drug-likeness (QED) is 0.892. The van der Waals surface area contributed by atoms with Crippen molar-refractivity contribution in [3.05, 3.63) is 29.3 Å². The van der Waals surface area contributed by atoms with E-state index in [9.17, 15) is 4.79 Å². The van der Waals surface area contributed by atoms with Crippen LogP contribution in [0.15, 0.2) is 23.1 Å². The largest absolute Gasteiger partial charge is 0.481 e. The number of carbonyl (C=O) groups is 1. The molecule has 92 valence electrons. The normalized spacial score (nSPS) is 19.1. The molecular formula is C14H18O2S. The number of carboxylic acid groups (broad SMARTS) is 1. The van der Waals surface area contributed by atoms with E-state index < -0.39 is 5.97 Å². The molecule has 1 aromatic carbocycles. The van der Waals surface area contributed by atoms with Crippen LogP contribution < -0.4 is 0 Å². The summed E-state index contributed by atoms with van der Waals surface area (Å²) in [6, 6.07) is 6.29. The Morgan fingerprint density at radius 3 is 2.88 bits per heavy atom. The molecule has 1 aliphatic rings. The standard InChI is InChI=1S/C14H18O2S/c1-9-7-10-5-4-6-11(13(10)17-9)14(2,3)8-12(15)16/h4-6,9H,7-8H2,1-3H3,(H,15,16). The Balaban J connectivity index is 2.40. The van der Waals surface area contributed by atoms with Gasteiger partial charge in [-0.05, 0) is 17.5 Å². The molecule has 2 nitrogen and oxygen atoms in total. The number of hydrogen-bond donors (Lipinski definition) is 1. The van der Waals surface area contributed by atoms with Crippen molar-refractivity contribution in [1.29, 1.82) is 0 Å². The predicted octanol–water partition coefficient (Wildman–Crippen LogP) is 3.48. The SMILES string of the molecule is CC1Cc2cccc(C(C)(C)CC(=O)O)c2S1.